The summed E-state index contributed by atoms with van der Waals surface area (Å²) in [6, 6.07) is 11.0. The topological polar surface area (TPSA) is 0 Å². The smallest absolute Gasteiger partial charge is 0.0145 e. The number of hydrogen-bond acceptors (Lipinski definition) is 0. The summed E-state index contributed by atoms with van der Waals surface area (Å²) < 4.78 is 0. The molecule has 2 bridgehead atoms. The van der Waals surface area contributed by atoms with Gasteiger partial charge in [-0.05, 0) is 31.4 Å². The fourth-order valence-corrected chi connectivity index (χ4v) is 3.52. The van der Waals surface area contributed by atoms with Gasteiger partial charge in [-0.25, -0.2) is 0 Å². The molecule has 0 amide bonds. The summed E-state index contributed by atoms with van der Waals surface area (Å²) in [4.78, 5) is 0. The van der Waals surface area contributed by atoms with Gasteiger partial charge in [0.25, 0.3) is 0 Å². The molecule has 0 aliphatic heterocycles. The van der Waals surface area contributed by atoms with Crippen LogP contribution < -0.4 is 0 Å². The minimum Gasteiger partial charge on any atom is -0.0659 e. The average molecular weight is 210 g/mol. The number of fused-ring (bicyclic) bond motifs is 2. The zero-order valence-electron chi connectivity index (χ0n) is 10.2. The van der Waals surface area contributed by atoms with E-state index in [-0.39, 0.29) is 0 Å². The summed E-state index contributed by atoms with van der Waals surface area (Å²) in [6.07, 6.45) is 3.64. The summed E-state index contributed by atoms with van der Waals surface area (Å²) in [5, 5.41) is 0. The van der Waals surface area contributed by atoms with Gasteiger partial charge in [-0.3, -0.25) is 0 Å². The summed E-state index contributed by atoms with van der Waals surface area (Å²) in [7, 11) is 0. The maximum atomic E-state index is 2.42. The molecule has 0 fully saturated rings. The van der Waals surface area contributed by atoms with E-state index < -0.39 is 0 Å². The van der Waals surface area contributed by atoms with Gasteiger partial charge in [-0.2, -0.15) is 0 Å². The third-order valence-electron chi connectivity index (χ3n) is 4.56. The van der Waals surface area contributed by atoms with E-state index in [1.165, 1.54) is 12.0 Å². The summed E-state index contributed by atoms with van der Waals surface area (Å²) >= 11 is 0. The zero-order valence-corrected chi connectivity index (χ0v) is 10.2. The van der Waals surface area contributed by atoms with E-state index in [2.05, 4.69) is 57.2 Å². The van der Waals surface area contributed by atoms with Crippen molar-refractivity contribution >= 4 is 0 Å². The Hall–Kier alpha value is -1.30. The molecule has 0 spiro atoms. The third kappa shape index (κ3) is 1.10. The first-order chi connectivity index (χ1) is 7.63. The molecular formula is C16H18. The quantitative estimate of drug-likeness (QED) is 0.642. The lowest BCUT2D eigenvalue weighted by molar-refractivity contribution is 0.382. The largest absolute Gasteiger partial charge is 0.0659 e. The van der Waals surface area contributed by atoms with Gasteiger partial charge in [0.1, 0.15) is 0 Å². The van der Waals surface area contributed by atoms with Crippen molar-refractivity contribution in [2.45, 2.75) is 33.1 Å². The third-order valence-corrected chi connectivity index (χ3v) is 4.56. The second-order valence-electron chi connectivity index (χ2n) is 5.47. The second-order valence-corrected chi connectivity index (χ2v) is 5.47. The van der Waals surface area contributed by atoms with Crippen LogP contribution in [0.15, 0.2) is 53.1 Å². The molecule has 0 aromatic heterocycles. The fourth-order valence-electron chi connectivity index (χ4n) is 3.52. The molecule has 3 rings (SSSR count). The minimum absolute atomic E-state index is 0.348. The van der Waals surface area contributed by atoms with E-state index in [0.717, 1.165) is 0 Å². The Kier molecular flexibility index (Phi) is 1.92. The minimum atomic E-state index is 0.348. The van der Waals surface area contributed by atoms with E-state index in [9.17, 15) is 0 Å². The van der Waals surface area contributed by atoms with Gasteiger partial charge in [0, 0.05) is 11.3 Å². The highest BCUT2D eigenvalue weighted by atomic mass is 14.5. The fraction of sp³-hybridized carbons (Fsp3) is 0.375. The predicted octanol–water partition coefficient (Wildman–Crippen LogP) is 4.46. The van der Waals surface area contributed by atoms with Crippen molar-refractivity contribution in [2.24, 2.45) is 5.41 Å². The van der Waals surface area contributed by atoms with Gasteiger partial charge in [0.15, 0.2) is 0 Å². The van der Waals surface area contributed by atoms with E-state index in [4.69, 9.17) is 0 Å². The van der Waals surface area contributed by atoms with Gasteiger partial charge in [0.05, 0.1) is 0 Å². The lowest BCUT2D eigenvalue weighted by Crippen LogP contribution is -2.22. The molecule has 16 heavy (non-hydrogen) atoms. The van der Waals surface area contributed by atoms with Crippen molar-refractivity contribution in [1.82, 2.24) is 0 Å². The van der Waals surface area contributed by atoms with E-state index >= 15 is 0 Å². The molecular weight excluding hydrogens is 192 g/mol. The molecule has 2 unspecified atom stereocenters. The van der Waals surface area contributed by atoms with Crippen LogP contribution in [0.2, 0.25) is 0 Å². The normalized spacial score (nSPS) is 32.2. The monoisotopic (exact) mass is 210 g/mol. The standard InChI is InChI=1S/C16H18/c1-11-9-14-10-16(11,3)15(12(14)2)13-7-5-4-6-8-13/h4-9,15H,10H2,1-3H3. The summed E-state index contributed by atoms with van der Waals surface area (Å²) in [6.45, 7) is 7.01. The van der Waals surface area contributed by atoms with Crippen LogP contribution >= 0.6 is 0 Å². The van der Waals surface area contributed by atoms with Crippen molar-refractivity contribution < 1.29 is 0 Å². The van der Waals surface area contributed by atoms with Gasteiger partial charge < -0.3 is 0 Å². The van der Waals surface area contributed by atoms with Gasteiger partial charge in [0.2, 0.25) is 0 Å². The van der Waals surface area contributed by atoms with Crippen molar-refractivity contribution in [1.29, 1.82) is 0 Å². The van der Waals surface area contributed by atoms with Crippen molar-refractivity contribution in [3.8, 4) is 0 Å². The lowest BCUT2D eigenvalue weighted by atomic mass is 9.69. The maximum Gasteiger partial charge on any atom is 0.0145 e. The molecule has 2 aliphatic carbocycles. The van der Waals surface area contributed by atoms with Crippen LogP contribution in [0.25, 0.3) is 0 Å². The molecule has 2 atom stereocenters. The predicted molar refractivity (Wildman–Crippen MR) is 68.4 cm³/mol. The van der Waals surface area contributed by atoms with Crippen LogP contribution in [0.4, 0.5) is 0 Å². The number of allylic oxidation sites excluding steroid dienone is 4. The van der Waals surface area contributed by atoms with E-state index in [0.29, 0.717) is 11.3 Å². The molecule has 2 aliphatic rings. The van der Waals surface area contributed by atoms with Crippen molar-refractivity contribution in [3.63, 3.8) is 0 Å². The number of benzene rings is 1. The van der Waals surface area contributed by atoms with Gasteiger partial charge in [-0.15, -0.1) is 0 Å². The SMILES string of the molecule is CC1=CC2=C(C)C(c3ccccc3)C1(C)C2. The Morgan fingerprint density at radius 2 is 1.81 bits per heavy atom. The molecule has 0 saturated heterocycles. The van der Waals surface area contributed by atoms with Crippen LogP contribution in [0, 0.1) is 5.41 Å². The van der Waals surface area contributed by atoms with Crippen molar-refractivity contribution in [3.05, 3.63) is 58.7 Å². The second kappa shape index (κ2) is 3.10. The molecule has 82 valence electrons. The van der Waals surface area contributed by atoms with Crippen LogP contribution in [-0.2, 0) is 0 Å². The number of rotatable bonds is 1. The first-order valence-electron chi connectivity index (χ1n) is 6.06. The van der Waals surface area contributed by atoms with E-state index in [1.54, 1.807) is 16.7 Å². The van der Waals surface area contributed by atoms with Crippen LogP contribution in [-0.4, -0.2) is 0 Å². The highest BCUT2D eigenvalue weighted by Crippen LogP contribution is 2.60. The van der Waals surface area contributed by atoms with Gasteiger partial charge in [-0.1, -0.05) is 54.5 Å². The summed E-state index contributed by atoms with van der Waals surface area (Å²) in [5.41, 5.74) is 6.54. The first kappa shape index (κ1) is 9.89. The Balaban J connectivity index is 2.13. The molecule has 0 radical (unpaired) electrons. The molecule has 0 nitrogen and oxygen atoms in total. The Bertz CT molecular complexity index is 490. The Morgan fingerprint density at radius 1 is 1.12 bits per heavy atom. The van der Waals surface area contributed by atoms with Crippen LogP contribution in [0.1, 0.15) is 38.7 Å². The zero-order chi connectivity index (χ0) is 11.3. The average Bonchev–Trinajstić information content (AvgIpc) is 2.69. The molecule has 1 aromatic rings. The molecule has 0 N–H and O–H groups in total. The van der Waals surface area contributed by atoms with Crippen molar-refractivity contribution in [2.75, 3.05) is 0 Å². The van der Waals surface area contributed by atoms with Gasteiger partial charge >= 0.3 is 0 Å². The Morgan fingerprint density at radius 3 is 2.44 bits per heavy atom. The summed E-state index contributed by atoms with van der Waals surface area (Å²) in [5.74, 6) is 0.605. The maximum absolute atomic E-state index is 2.42. The first-order valence-corrected chi connectivity index (χ1v) is 6.06. The molecule has 1 aromatic carbocycles. The Labute approximate surface area is 97.7 Å². The van der Waals surface area contributed by atoms with E-state index in [1.807, 2.05) is 0 Å². The number of hydrogen-bond donors (Lipinski definition) is 0. The highest BCUT2D eigenvalue weighted by Gasteiger charge is 2.47. The lowest BCUT2D eigenvalue weighted by Gasteiger charge is -2.34. The molecule has 0 saturated carbocycles. The van der Waals surface area contributed by atoms with Crippen LogP contribution in [0.3, 0.4) is 0 Å². The molecule has 0 heteroatoms. The van der Waals surface area contributed by atoms with Crippen LogP contribution in [0.5, 0.6) is 0 Å². The molecule has 0 heterocycles. The highest BCUT2D eigenvalue weighted by molar-refractivity contribution is 5.53.